The monoisotopic (exact) mass is 357 g/mol. The molecule has 3 aromatic rings. The first kappa shape index (κ1) is 18.9. The molecule has 0 fully saturated rings. The minimum atomic E-state index is 0.519. The Balaban J connectivity index is 2.13. The number of hydrogen-bond acceptors (Lipinski definition) is 2. The number of allylic oxidation sites excluding steroid dienone is 1. The van der Waals surface area contributed by atoms with Crippen LogP contribution in [0.3, 0.4) is 0 Å². The molecule has 0 radical (unpaired) electrons. The normalized spacial score (nSPS) is 11.8. The standard InChI is InChI=1S/C25H27NO/c1-2-9-24(20-10-5-3-6-11-20)25(21-12-7-4-8-13-21)22-14-16-23(17-15-22)27-19-18-26/h3-8,10-17H,2,9,18-19,26H2,1H3/b25-24-. The molecule has 27 heavy (non-hydrogen) atoms. The van der Waals surface area contributed by atoms with Crippen molar-refractivity contribution in [3.8, 4) is 5.75 Å². The zero-order valence-corrected chi connectivity index (χ0v) is 15.9. The highest BCUT2D eigenvalue weighted by molar-refractivity contribution is 5.98. The summed E-state index contributed by atoms with van der Waals surface area (Å²) in [6.45, 7) is 3.28. The first-order chi connectivity index (χ1) is 13.3. The van der Waals surface area contributed by atoms with Crippen molar-refractivity contribution in [1.29, 1.82) is 0 Å². The van der Waals surface area contributed by atoms with E-state index in [0.717, 1.165) is 18.6 Å². The molecule has 2 N–H and O–H groups in total. The maximum atomic E-state index is 5.65. The van der Waals surface area contributed by atoms with E-state index in [4.69, 9.17) is 10.5 Å². The molecule has 0 saturated heterocycles. The van der Waals surface area contributed by atoms with Crippen molar-refractivity contribution in [3.05, 3.63) is 102 Å². The van der Waals surface area contributed by atoms with E-state index in [1.807, 2.05) is 12.1 Å². The summed E-state index contributed by atoms with van der Waals surface area (Å²) in [4.78, 5) is 0. The zero-order valence-electron chi connectivity index (χ0n) is 15.9. The Labute approximate surface area is 162 Å². The van der Waals surface area contributed by atoms with Gasteiger partial charge in [0.1, 0.15) is 12.4 Å². The van der Waals surface area contributed by atoms with Crippen molar-refractivity contribution < 1.29 is 4.74 Å². The van der Waals surface area contributed by atoms with Crippen LogP contribution in [-0.4, -0.2) is 13.2 Å². The third-order valence-electron chi connectivity index (χ3n) is 4.52. The van der Waals surface area contributed by atoms with E-state index in [2.05, 4.69) is 79.7 Å². The van der Waals surface area contributed by atoms with Gasteiger partial charge in [-0.1, -0.05) is 86.1 Å². The van der Waals surface area contributed by atoms with E-state index in [0.29, 0.717) is 13.2 Å². The molecule has 0 bridgehead atoms. The van der Waals surface area contributed by atoms with E-state index < -0.39 is 0 Å². The van der Waals surface area contributed by atoms with Gasteiger partial charge in [0.05, 0.1) is 0 Å². The van der Waals surface area contributed by atoms with Gasteiger partial charge in [0.2, 0.25) is 0 Å². The van der Waals surface area contributed by atoms with Gasteiger partial charge in [-0.05, 0) is 46.4 Å². The van der Waals surface area contributed by atoms with E-state index >= 15 is 0 Å². The SMILES string of the molecule is CCC/C(=C(\c1ccccc1)c1ccc(OCCN)cc1)c1ccccc1. The zero-order chi connectivity index (χ0) is 18.9. The number of ether oxygens (including phenoxy) is 1. The second-order valence-corrected chi connectivity index (χ2v) is 6.50. The van der Waals surface area contributed by atoms with Crippen LogP contribution in [0.1, 0.15) is 36.5 Å². The Hall–Kier alpha value is -2.84. The Kier molecular flexibility index (Phi) is 6.84. The molecule has 0 unspecified atom stereocenters. The minimum Gasteiger partial charge on any atom is -0.492 e. The molecule has 0 spiro atoms. The van der Waals surface area contributed by atoms with Crippen LogP contribution in [-0.2, 0) is 0 Å². The highest BCUT2D eigenvalue weighted by atomic mass is 16.5. The Morgan fingerprint density at radius 3 is 1.85 bits per heavy atom. The third-order valence-corrected chi connectivity index (χ3v) is 4.52. The average Bonchev–Trinajstić information content (AvgIpc) is 2.74. The second-order valence-electron chi connectivity index (χ2n) is 6.50. The first-order valence-electron chi connectivity index (χ1n) is 9.60. The van der Waals surface area contributed by atoms with E-state index in [9.17, 15) is 0 Å². The van der Waals surface area contributed by atoms with Gasteiger partial charge in [0, 0.05) is 6.54 Å². The minimum absolute atomic E-state index is 0.519. The predicted molar refractivity (Wildman–Crippen MR) is 115 cm³/mol. The van der Waals surface area contributed by atoms with Gasteiger partial charge in [-0.2, -0.15) is 0 Å². The maximum absolute atomic E-state index is 5.65. The molecule has 0 heterocycles. The van der Waals surface area contributed by atoms with Crippen molar-refractivity contribution >= 4 is 11.1 Å². The maximum Gasteiger partial charge on any atom is 0.119 e. The van der Waals surface area contributed by atoms with Gasteiger partial charge < -0.3 is 10.5 Å². The lowest BCUT2D eigenvalue weighted by atomic mass is 9.87. The van der Waals surface area contributed by atoms with Gasteiger partial charge in [-0.15, -0.1) is 0 Å². The topological polar surface area (TPSA) is 35.2 Å². The van der Waals surface area contributed by atoms with Gasteiger partial charge in [-0.25, -0.2) is 0 Å². The van der Waals surface area contributed by atoms with Crippen LogP contribution in [0, 0.1) is 0 Å². The molecule has 3 aromatic carbocycles. The lowest BCUT2D eigenvalue weighted by Gasteiger charge is -2.17. The molecule has 0 aromatic heterocycles. The molecule has 0 amide bonds. The van der Waals surface area contributed by atoms with Crippen molar-refractivity contribution in [2.45, 2.75) is 19.8 Å². The van der Waals surface area contributed by atoms with Crippen molar-refractivity contribution in [3.63, 3.8) is 0 Å². The summed E-state index contributed by atoms with van der Waals surface area (Å²) >= 11 is 0. The Morgan fingerprint density at radius 1 is 0.741 bits per heavy atom. The molecule has 0 aliphatic heterocycles. The second kappa shape index (κ2) is 9.75. The van der Waals surface area contributed by atoms with Gasteiger partial charge in [0.25, 0.3) is 0 Å². The predicted octanol–water partition coefficient (Wildman–Crippen LogP) is 5.78. The summed E-state index contributed by atoms with van der Waals surface area (Å²) in [6, 6.07) is 29.7. The number of hydrogen-bond donors (Lipinski definition) is 1. The largest absolute Gasteiger partial charge is 0.492 e. The molecular weight excluding hydrogens is 330 g/mol. The first-order valence-corrected chi connectivity index (χ1v) is 9.60. The average molecular weight is 357 g/mol. The highest BCUT2D eigenvalue weighted by Gasteiger charge is 2.13. The van der Waals surface area contributed by atoms with Crippen LogP contribution < -0.4 is 10.5 Å². The molecule has 3 rings (SSSR count). The molecule has 0 atom stereocenters. The summed E-state index contributed by atoms with van der Waals surface area (Å²) in [5.74, 6) is 0.855. The van der Waals surface area contributed by atoms with E-state index in [1.165, 1.54) is 27.8 Å². The fraction of sp³-hybridized carbons (Fsp3) is 0.200. The van der Waals surface area contributed by atoms with Crippen LogP contribution in [0.5, 0.6) is 5.75 Å². The molecule has 0 aliphatic carbocycles. The molecule has 2 nitrogen and oxygen atoms in total. The number of rotatable bonds is 8. The van der Waals surface area contributed by atoms with E-state index in [-0.39, 0.29) is 0 Å². The van der Waals surface area contributed by atoms with Crippen LogP contribution in [0.4, 0.5) is 0 Å². The summed E-state index contributed by atoms with van der Waals surface area (Å²) < 4.78 is 5.65. The summed E-state index contributed by atoms with van der Waals surface area (Å²) in [5.41, 5.74) is 11.9. The summed E-state index contributed by atoms with van der Waals surface area (Å²) in [6.07, 6.45) is 2.12. The van der Waals surface area contributed by atoms with Crippen LogP contribution in [0.2, 0.25) is 0 Å². The van der Waals surface area contributed by atoms with Crippen LogP contribution >= 0.6 is 0 Å². The fourth-order valence-electron chi connectivity index (χ4n) is 3.32. The summed E-state index contributed by atoms with van der Waals surface area (Å²) in [5, 5.41) is 0. The van der Waals surface area contributed by atoms with Crippen molar-refractivity contribution in [1.82, 2.24) is 0 Å². The quantitative estimate of drug-likeness (QED) is 0.518. The molecular formula is C25H27NO. The Morgan fingerprint density at radius 2 is 1.30 bits per heavy atom. The molecule has 138 valence electrons. The van der Waals surface area contributed by atoms with E-state index in [1.54, 1.807) is 0 Å². The molecule has 2 heteroatoms. The van der Waals surface area contributed by atoms with Gasteiger partial charge >= 0.3 is 0 Å². The van der Waals surface area contributed by atoms with Crippen molar-refractivity contribution in [2.24, 2.45) is 5.73 Å². The molecule has 0 aliphatic rings. The fourth-order valence-corrected chi connectivity index (χ4v) is 3.32. The lowest BCUT2D eigenvalue weighted by molar-refractivity contribution is 0.328. The van der Waals surface area contributed by atoms with Gasteiger partial charge in [-0.3, -0.25) is 0 Å². The third kappa shape index (κ3) is 4.87. The summed E-state index contributed by atoms with van der Waals surface area (Å²) in [7, 11) is 0. The number of nitrogens with two attached hydrogens (primary N) is 1. The highest BCUT2D eigenvalue weighted by Crippen LogP contribution is 2.35. The number of benzene rings is 3. The van der Waals surface area contributed by atoms with Crippen LogP contribution in [0.25, 0.3) is 11.1 Å². The van der Waals surface area contributed by atoms with Crippen molar-refractivity contribution in [2.75, 3.05) is 13.2 Å². The Bertz CT molecular complexity index is 852. The van der Waals surface area contributed by atoms with Crippen LogP contribution in [0.15, 0.2) is 84.9 Å². The lowest BCUT2D eigenvalue weighted by Crippen LogP contribution is -2.10. The molecule has 0 saturated carbocycles. The van der Waals surface area contributed by atoms with Gasteiger partial charge in [0.15, 0.2) is 0 Å². The smallest absolute Gasteiger partial charge is 0.119 e.